The van der Waals surface area contributed by atoms with Crippen LogP contribution in [0.1, 0.15) is 19.8 Å². The van der Waals surface area contributed by atoms with Gasteiger partial charge < -0.3 is 5.73 Å². The topological polar surface area (TPSA) is 43.1 Å². The third kappa shape index (κ3) is 1.19. The molecule has 0 saturated heterocycles. The van der Waals surface area contributed by atoms with E-state index in [0.29, 0.717) is 0 Å². The molecule has 2 heteroatoms. The van der Waals surface area contributed by atoms with E-state index in [1.165, 1.54) is 0 Å². The van der Waals surface area contributed by atoms with Gasteiger partial charge in [-0.25, -0.2) is 0 Å². The van der Waals surface area contributed by atoms with Crippen molar-refractivity contribution in [3.05, 3.63) is 11.6 Å². The summed E-state index contributed by atoms with van der Waals surface area (Å²) in [5.41, 5.74) is 6.28. The molecule has 0 fully saturated rings. The van der Waals surface area contributed by atoms with Gasteiger partial charge in [0.15, 0.2) is 5.78 Å². The lowest BCUT2D eigenvalue weighted by Crippen LogP contribution is -2.29. The Morgan fingerprint density at radius 1 is 1.89 bits per heavy atom. The van der Waals surface area contributed by atoms with Gasteiger partial charge in [-0.15, -0.1) is 0 Å². The fourth-order valence-electron chi connectivity index (χ4n) is 0.805. The maximum Gasteiger partial charge on any atom is 0.174 e. The van der Waals surface area contributed by atoms with E-state index in [-0.39, 0.29) is 11.8 Å². The molecule has 50 valence electrons. The lowest BCUT2D eigenvalue weighted by atomic mass is 9.92. The third-order valence-corrected chi connectivity index (χ3v) is 1.53. The van der Waals surface area contributed by atoms with Crippen molar-refractivity contribution in [2.45, 2.75) is 25.8 Å². The van der Waals surface area contributed by atoms with Crippen molar-refractivity contribution in [2.24, 2.45) is 5.73 Å². The molecule has 0 bridgehead atoms. The van der Waals surface area contributed by atoms with Gasteiger partial charge in [0.2, 0.25) is 0 Å². The highest BCUT2D eigenvalue weighted by Crippen LogP contribution is 2.19. The molecule has 2 nitrogen and oxygen atoms in total. The molecule has 0 unspecified atom stereocenters. The first-order valence-electron chi connectivity index (χ1n) is 3.20. The number of ketones is 1. The van der Waals surface area contributed by atoms with Gasteiger partial charge in [-0.3, -0.25) is 4.79 Å². The van der Waals surface area contributed by atoms with Crippen LogP contribution in [0.3, 0.4) is 0 Å². The summed E-state index contributed by atoms with van der Waals surface area (Å²) in [5.74, 6) is 0.112. The average Bonchev–Trinajstić information content (AvgIpc) is 1.60. The Kier molecular flexibility index (Phi) is 1.67. The number of Topliss-reactive ketones (excluding diaryl/α,β-unsaturated/α-hetero) is 1. The van der Waals surface area contributed by atoms with Gasteiger partial charge in [0.1, 0.15) is 0 Å². The second-order valence-electron chi connectivity index (χ2n) is 2.42. The van der Waals surface area contributed by atoms with Crippen LogP contribution in [0.25, 0.3) is 0 Å². The molecule has 0 saturated carbocycles. The predicted octanol–water partition coefficient (Wildman–Crippen LogP) is 0.623. The van der Waals surface area contributed by atoms with Gasteiger partial charge in [-0.05, 0) is 25.3 Å². The molecule has 0 heterocycles. The summed E-state index contributed by atoms with van der Waals surface area (Å²) in [6, 6.07) is -0.309. The lowest BCUT2D eigenvalue weighted by molar-refractivity contribution is -0.116. The molecule has 2 N–H and O–H groups in total. The van der Waals surface area contributed by atoms with E-state index in [9.17, 15) is 4.79 Å². The van der Waals surface area contributed by atoms with Gasteiger partial charge in [0.05, 0.1) is 6.04 Å². The molecule has 1 rings (SSSR count). The van der Waals surface area contributed by atoms with Crippen molar-refractivity contribution in [1.29, 1.82) is 0 Å². The summed E-state index contributed by atoms with van der Waals surface area (Å²) in [5, 5.41) is 0. The van der Waals surface area contributed by atoms with E-state index in [4.69, 9.17) is 5.73 Å². The van der Waals surface area contributed by atoms with Crippen LogP contribution < -0.4 is 5.73 Å². The number of carbonyl (C=O) groups excluding carboxylic acids is 1. The maximum atomic E-state index is 10.9. The Hall–Kier alpha value is -0.630. The number of hydrogen-bond acceptors (Lipinski definition) is 2. The minimum absolute atomic E-state index is 0.112. The predicted molar refractivity (Wildman–Crippen MR) is 36.0 cm³/mol. The smallest absolute Gasteiger partial charge is 0.174 e. The summed E-state index contributed by atoms with van der Waals surface area (Å²) < 4.78 is 0. The highest BCUT2D eigenvalue weighted by Gasteiger charge is 2.17. The summed E-state index contributed by atoms with van der Waals surface area (Å²) >= 11 is 0. The second-order valence-corrected chi connectivity index (χ2v) is 2.42. The summed E-state index contributed by atoms with van der Waals surface area (Å²) in [7, 11) is 0. The van der Waals surface area contributed by atoms with E-state index in [0.717, 1.165) is 18.4 Å². The Labute approximate surface area is 54.7 Å². The van der Waals surface area contributed by atoms with E-state index >= 15 is 0 Å². The van der Waals surface area contributed by atoms with Crippen LogP contribution >= 0.6 is 0 Å². The molecule has 0 radical (unpaired) electrons. The average molecular weight is 125 g/mol. The first kappa shape index (κ1) is 6.49. The van der Waals surface area contributed by atoms with E-state index < -0.39 is 0 Å². The SMILES string of the molecule is C[C@H](N)C(=O)C1=CCC1. The minimum atomic E-state index is -0.309. The van der Waals surface area contributed by atoms with E-state index in [1.807, 2.05) is 6.08 Å². The molecule has 0 amide bonds. The van der Waals surface area contributed by atoms with Gasteiger partial charge in [-0.1, -0.05) is 6.08 Å². The fourth-order valence-corrected chi connectivity index (χ4v) is 0.805. The zero-order valence-corrected chi connectivity index (χ0v) is 5.55. The van der Waals surface area contributed by atoms with Gasteiger partial charge in [0.25, 0.3) is 0 Å². The van der Waals surface area contributed by atoms with Crippen LogP contribution in [0.15, 0.2) is 11.6 Å². The van der Waals surface area contributed by atoms with Crippen LogP contribution in [0.4, 0.5) is 0 Å². The van der Waals surface area contributed by atoms with Crippen LogP contribution in [0.5, 0.6) is 0 Å². The zero-order chi connectivity index (χ0) is 6.85. The maximum absolute atomic E-state index is 10.9. The summed E-state index contributed by atoms with van der Waals surface area (Å²) in [4.78, 5) is 10.9. The Bertz CT molecular complexity index is 158. The van der Waals surface area contributed by atoms with E-state index in [1.54, 1.807) is 6.92 Å². The molecular weight excluding hydrogens is 114 g/mol. The molecular formula is C7H11NO. The molecule has 0 aliphatic heterocycles. The van der Waals surface area contributed by atoms with Gasteiger partial charge in [-0.2, -0.15) is 0 Å². The molecule has 0 aromatic rings. The molecule has 9 heavy (non-hydrogen) atoms. The quantitative estimate of drug-likeness (QED) is 0.588. The lowest BCUT2D eigenvalue weighted by Gasteiger charge is -2.14. The van der Waals surface area contributed by atoms with Crippen molar-refractivity contribution < 1.29 is 4.79 Å². The molecule has 0 spiro atoms. The molecule has 1 aliphatic carbocycles. The normalized spacial score (nSPS) is 20.0. The van der Waals surface area contributed by atoms with Crippen LogP contribution in [-0.2, 0) is 4.79 Å². The highest BCUT2D eigenvalue weighted by molar-refractivity contribution is 6.00. The Morgan fingerprint density at radius 2 is 2.44 bits per heavy atom. The van der Waals surface area contributed by atoms with Crippen LogP contribution in [0, 0.1) is 0 Å². The summed E-state index contributed by atoms with van der Waals surface area (Å²) in [6.45, 7) is 1.72. The largest absolute Gasteiger partial charge is 0.321 e. The molecule has 0 aromatic heterocycles. The number of rotatable bonds is 2. The Balaban J connectivity index is 2.52. The van der Waals surface area contributed by atoms with Crippen molar-refractivity contribution >= 4 is 5.78 Å². The first-order chi connectivity index (χ1) is 4.22. The van der Waals surface area contributed by atoms with Gasteiger partial charge in [0, 0.05) is 0 Å². The van der Waals surface area contributed by atoms with Crippen molar-refractivity contribution in [2.75, 3.05) is 0 Å². The van der Waals surface area contributed by atoms with E-state index in [2.05, 4.69) is 0 Å². The third-order valence-electron chi connectivity index (χ3n) is 1.53. The van der Waals surface area contributed by atoms with Crippen molar-refractivity contribution in [3.8, 4) is 0 Å². The molecule has 0 aromatic carbocycles. The highest BCUT2D eigenvalue weighted by atomic mass is 16.1. The number of hydrogen-bond donors (Lipinski definition) is 1. The fraction of sp³-hybridized carbons (Fsp3) is 0.571. The van der Waals surface area contributed by atoms with Gasteiger partial charge >= 0.3 is 0 Å². The minimum Gasteiger partial charge on any atom is -0.321 e. The number of nitrogens with two attached hydrogens (primary N) is 1. The van der Waals surface area contributed by atoms with Crippen LogP contribution in [-0.4, -0.2) is 11.8 Å². The summed E-state index contributed by atoms with van der Waals surface area (Å²) in [6.07, 6.45) is 3.93. The van der Waals surface area contributed by atoms with Crippen LogP contribution in [0.2, 0.25) is 0 Å². The molecule has 1 atom stereocenters. The van der Waals surface area contributed by atoms with Crippen molar-refractivity contribution in [1.82, 2.24) is 0 Å². The Morgan fingerprint density at radius 3 is 2.56 bits per heavy atom. The molecule has 1 aliphatic rings. The number of allylic oxidation sites excluding steroid dienone is 1. The first-order valence-corrected chi connectivity index (χ1v) is 3.20. The number of carbonyl (C=O) groups is 1. The second kappa shape index (κ2) is 2.31. The standard InChI is InChI=1S/C7H11NO/c1-5(8)7(9)6-3-2-4-6/h3,5H,2,4,8H2,1H3/t5-/m0/s1. The zero-order valence-electron chi connectivity index (χ0n) is 5.55. The van der Waals surface area contributed by atoms with Crippen molar-refractivity contribution in [3.63, 3.8) is 0 Å². The monoisotopic (exact) mass is 125 g/mol.